The molecule has 0 saturated carbocycles. The second-order valence-corrected chi connectivity index (χ2v) is 4.89. The van der Waals surface area contributed by atoms with E-state index in [1.165, 1.54) is 13.2 Å². The average molecular weight is 253 g/mol. The fraction of sp³-hybridized carbons (Fsp3) is 0.417. The summed E-state index contributed by atoms with van der Waals surface area (Å²) in [5.74, 6) is -1.08. The molecule has 1 aromatic carbocycles. The van der Waals surface area contributed by atoms with Crippen molar-refractivity contribution in [3.8, 4) is 5.75 Å². The number of nitrogens with zero attached hydrogens (tertiary/aromatic N) is 1. The Morgan fingerprint density at radius 2 is 1.94 bits per heavy atom. The van der Waals surface area contributed by atoms with Crippen molar-refractivity contribution < 1.29 is 19.6 Å². The summed E-state index contributed by atoms with van der Waals surface area (Å²) in [4.78, 5) is 21.3. The number of rotatable bonds is 3. The lowest BCUT2D eigenvalue weighted by Gasteiger charge is -2.22. The molecule has 98 valence electrons. The van der Waals surface area contributed by atoms with Crippen molar-refractivity contribution in [3.63, 3.8) is 0 Å². The zero-order valence-electron chi connectivity index (χ0n) is 10.7. The highest BCUT2D eigenvalue weighted by Gasteiger charge is 2.27. The molecule has 0 aliphatic heterocycles. The number of benzene rings is 1. The number of carboxylic acid groups (broad SMARTS) is 1. The first-order chi connectivity index (χ1) is 8.18. The SMILES string of the molecule is COc1c(C(=O)O)cc([N+](=O)[O-])cc1C(C)(C)C. The van der Waals surface area contributed by atoms with Crippen molar-refractivity contribution in [3.05, 3.63) is 33.4 Å². The van der Waals surface area contributed by atoms with Gasteiger partial charge < -0.3 is 9.84 Å². The topological polar surface area (TPSA) is 89.7 Å². The van der Waals surface area contributed by atoms with Crippen LogP contribution < -0.4 is 4.74 Å². The zero-order valence-corrected chi connectivity index (χ0v) is 10.7. The minimum atomic E-state index is -1.25. The van der Waals surface area contributed by atoms with Crippen LogP contribution in [0.1, 0.15) is 36.7 Å². The largest absolute Gasteiger partial charge is 0.496 e. The molecular formula is C12H15NO5. The number of hydrogen-bond acceptors (Lipinski definition) is 4. The average Bonchev–Trinajstić information content (AvgIpc) is 2.25. The van der Waals surface area contributed by atoms with E-state index in [4.69, 9.17) is 9.84 Å². The molecular weight excluding hydrogens is 238 g/mol. The van der Waals surface area contributed by atoms with Crippen LogP contribution in [0.5, 0.6) is 5.75 Å². The smallest absolute Gasteiger partial charge is 0.339 e. The molecule has 0 radical (unpaired) electrons. The molecule has 0 spiro atoms. The summed E-state index contributed by atoms with van der Waals surface area (Å²) in [6, 6.07) is 2.36. The van der Waals surface area contributed by atoms with Crippen LogP contribution in [-0.4, -0.2) is 23.1 Å². The van der Waals surface area contributed by atoms with Gasteiger partial charge >= 0.3 is 5.97 Å². The van der Waals surface area contributed by atoms with Crippen molar-refractivity contribution >= 4 is 11.7 Å². The van der Waals surface area contributed by atoms with Crippen LogP contribution in [0.2, 0.25) is 0 Å². The predicted molar refractivity (Wildman–Crippen MR) is 65.3 cm³/mol. The number of nitro benzene ring substituents is 1. The Morgan fingerprint density at radius 1 is 1.39 bits per heavy atom. The fourth-order valence-electron chi connectivity index (χ4n) is 1.65. The van der Waals surface area contributed by atoms with Crippen LogP contribution >= 0.6 is 0 Å². The molecule has 18 heavy (non-hydrogen) atoms. The molecule has 0 aliphatic rings. The maximum atomic E-state index is 11.1. The number of non-ortho nitro benzene ring substituents is 1. The molecule has 1 rings (SSSR count). The maximum absolute atomic E-state index is 11.1. The lowest BCUT2D eigenvalue weighted by Crippen LogP contribution is -2.16. The van der Waals surface area contributed by atoms with Gasteiger partial charge in [-0.1, -0.05) is 20.8 Å². The number of hydrogen-bond donors (Lipinski definition) is 1. The number of carbonyl (C=O) groups is 1. The molecule has 0 heterocycles. The number of ether oxygens (including phenoxy) is 1. The van der Waals surface area contributed by atoms with Gasteiger partial charge in [0.05, 0.1) is 12.0 Å². The summed E-state index contributed by atoms with van der Waals surface area (Å²) in [5.41, 5.74) is -0.409. The van der Waals surface area contributed by atoms with E-state index in [1.54, 1.807) is 0 Å². The molecule has 0 saturated heterocycles. The highest BCUT2D eigenvalue weighted by Crippen LogP contribution is 2.37. The Hall–Kier alpha value is -2.11. The Bertz CT molecular complexity index is 502. The molecule has 0 aromatic heterocycles. The summed E-state index contributed by atoms with van der Waals surface area (Å²) in [6.45, 7) is 5.50. The second-order valence-electron chi connectivity index (χ2n) is 4.89. The molecule has 6 nitrogen and oxygen atoms in total. The summed E-state index contributed by atoms with van der Waals surface area (Å²) in [5, 5.41) is 19.9. The predicted octanol–water partition coefficient (Wildman–Crippen LogP) is 2.60. The van der Waals surface area contributed by atoms with Crippen LogP contribution in [0.25, 0.3) is 0 Å². The van der Waals surface area contributed by atoms with E-state index in [0.717, 1.165) is 6.07 Å². The minimum absolute atomic E-state index is 0.167. The van der Waals surface area contributed by atoms with Crippen molar-refractivity contribution in [2.75, 3.05) is 7.11 Å². The Kier molecular flexibility index (Phi) is 3.59. The van der Waals surface area contributed by atoms with Crippen molar-refractivity contribution in [1.29, 1.82) is 0 Å². The number of methoxy groups -OCH3 is 1. The van der Waals surface area contributed by atoms with E-state index < -0.39 is 16.3 Å². The highest BCUT2D eigenvalue weighted by molar-refractivity contribution is 5.92. The summed E-state index contributed by atoms with van der Waals surface area (Å²) in [7, 11) is 1.35. The lowest BCUT2D eigenvalue weighted by atomic mass is 9.84. The van der Waals surface area contributed by atoms with Crippen molar-refractivity contribution in [2.24, 2.45) is 0 Å². The number of carboxylic acids is 1. The first kappa shape index (κ1) is 14.0. The molecule has 6 heteroatoms. The summed E-state index contributed by atoms with van der Waals surface area (Å²) in [6.07, 6.45) is 0. The van der Waals surface area contributed by atoms with Crippen LogP contribution in [0, 0.1) is 10.1 Å². The van der Waals surface area contributed by atoms with Gasteiger partial charge in [-0.05, 0) is 5.41 Å². The van der Waals surface area contributed by atoms with Gasteiger partial charge in [0, 0.05) is 17.7 Å². The third kappa shape index (κ3) is 2.58. The third-order valence-electron chi connectivity index (χ3n) is 2.53. The van der Waals surface area contributed by atoms with Gasteiger partial charge in [-0.2, -0.15) is 0 Å². The van der Waals surface area contributed by atoms with Gasteiger partial charge in [0.25, 0.3) is 5.69 Å². The van der Waals surface area contributed by atoms with E-state index in [0.29, 0.717) is 5.56 Å². The Balaban J connectivity index is 3.67. The van der Waals surface area contributed by atoms with Crippen molar-refractivity contribution in [2.45, 2.75) is 26.2 Å². The van der Waals surface area contributed by atoms with Gasteiger partial charge in [-0.15, -0.1) is 0 Å². The van der Waals surface area contributed by atoms with Crippen molar-refractivity contribution in [1.82, 2.24) is 0 Å². The second kappa shape index (κ2) is 4.64. The summed E-state index contributed by atoms with van der Waals surface area (Å²) < 4.78 is 5.10. The van der Waals surface area contributed by atoms with Gasteiger partial charge in [-0.3, -0.25) is 10.1 Å². The molecule has 0 aliphatic carbocycles. The van der Waals surface area contributed by atoms with Gasteiger partial charge in [0.2, 0.25) is 0 Å². The minimum Gasteiger partial charge on any atom is -0.496 e. The van der Waals surface area contributed by atoms with E-state index in [2.05, 4.69) is 0 Å². The quantitative estimate of drug-likeness (QED) is 0.660. The Labute approximate surface area is 104 Å². The van der Waals surface area contributed by atoms with Crippen LogP contribution in [0.15, 0.2) is 12.1 Å². The first-order valence-electron chi connectivity index (χ1n) is 5.28. The fourth-order valence-corrected chi connectivity index (χ4v) is 1.65. The maximum Gasteiger partial charge on any atom is 0.339 e. The Morgan fingerprint density at radius 3 is 2.28 bits per heavy atom. The third-order valence-corrected chi connectivity index (χ3v) is 2.53. The van der Waals surface area contributed by atoms with E-state index >= 15 is 0 Å². The number of aromatic carboxylic acids is 1. The summed E-state index contributed by atoms with van der Waals surface area (Å²) >= 11 is 0. The highest BCUT2D eigenvalue weighted by atomic mass is 16.6. The van der Waals surface area contributed by atoms with Crippen LogP contribution in [0.4, 0.5) is 5.69 Å². The molecule has 0 unspecified atom stereocenters. The van der Waals surface area contributed by atoms with Gasteiger partial charge in [-0.25, -0.2) is 4.79 Å². The molecule has 1 N–H and O–H groups in total. The normalized spacial score (nSPS) is 11.1. The molecule has 0 bridgehead atoms. The zero-order chi connectivity index (χ0) is 14.1. The van der Waals surface area contributed by atoms with Gasteiger partial charge in [0.15, 0.2) is 0 Å². The van der Waals surface area contributed by atoms with E-state index in [-0.39, 0.29) is 17.0 Å². The molecule has 0 atom stereocenters. The lowest BCUT2D eigenvalue weighted by molar-refractivity contribution is -0.385. The number of nitro groups is 1. The molecule has 1 aromatic rings. The molecule has 0 amide bonds. The first-order valence-corrected chi connectivity index (χ1v) is 5.28. The monoisotopic (exact) mass is 253 g/mol. The standard InChI is InChI=1S/C12H15NO5/c1-12(2,3)9-6-7(13(16)17)5-8(11(14)15)10(9)18-4/h5-6H,1-4H3,(H,14,15). The van der Waals surface area contributed by atoms with E-state index in [9.17, 15) is 14.9 Å². The van der Waals surface area contributed by atoms with E-state index in [1.807, 2.05) is 20.8 Å². The van der Waals surface area contributed by atoms with Gasteiger partial charge in [0.1, 0.15) is 11.3 Å². The van der Waals surface area contributed by atoms with Crippen LogP contribution in [0.3, 0.4) is 0 Å². The van der Waals surface area contributed by atoms with Crippen LogP contribution in [-0.2, 0) is 5.41 Å². The molecule has 0 fully saturated rings.